The first-order valence-electron chi connectivity index (χ1n) is 27.3. The van der Waals surface area contributed by atoms with Gasteiger partial charge in [-0.2, -0.15) is 23.5 Å². The van der Waals surface area contributed by atoms with E-state index in [-0.39, 0.29) is 42.0 Å². The molecule has 0 unspecified atom stereocenters. The topological polar surface area (TPSA) is 258 Å². The van der Waals surface area contributed by atoms with E-state index in [1.807, 2.05) is 41.7 Å². The van der Waals surface area contributed by atoms with Crippen molar-refractivity contribution in [3.05, 3.63) is 53.6 Å². The molecule has 2 saturated heterocycles. The number of nitrogens with one attached hydrogen (secondary N) is 5. The van der Waals surface area contributed by atoms with E-state index in [4.69, 9.17) is 20.9 Å². The molecular weight excluding hydrogens is 1190 g/mol. The Balaban J connectivity index is 0.849. The number of nitrogens with two attached hydrogens (primary N) is 2. The second-order valence-corrected chi connectivity index (χ2v) is 24.3. The summed E-state index contributed by atoms with van der Waals surface area (Å²) < 4.78 is 12.4. The van der Waals surface area contributed by atoms with Crippen molar-refractivity contribution < 1.29 is 63.0 Å². The molecule has 2 aromatic rings. The molecule has 2 aromatic carbocycles. The molecule has 75 heavy (non-hydrogen) atoms. The van der Waals surface area contributed by atoms with Gasteiger partial charge < -0.3 is 32.7 Å². The zero-order valence-electron chi connectivity index (χ0n) is 43.5. The molecule has 0 radical (unpaired) electrons. The van der Waals surface area contributed by atoms with Crippen LogP contribution in [0.3, 0.4) is 0 Å². The molecule has 17 nitrogen and oxygen atoms in total. The maximum Gasteiger partial charge on any atom is -0.0275 e. The summed E-state index contributed by atoms with van der Waals surface area (Å²) in [6.45, 7) is 1.76. The summed E-state index contributed by atoms with van der Waals surface area (Å²) in [7, 11) is 0. The number of fused-ring (bicyclic) bond motifs is 2. The van der Waals surface area contributed by atoms with Gasteiger partial charge in [-0.3, -0.25) is 24.0 Å². The van der Waals surface area contributed by atoms with E-state index in [0.717, 1.165) is 91.8 Å². The first-order valence-corrected chi connectivity index (χ1v) is 30.9. The molecule has 0 spiro atoms. The third-order valence-corrected chi connectivity index (χ3v) is 17.8. The SMILES string of the molecule is NC1=N[C@H]2[C@H](CS[C@H]2CCCCC(=O)CCCCCCC(=O)Nc2cc(NC(=O)CCCCCCC(=O)CCCC[C@@H]3SC[C@@H]4NC(N)=N[C@@H]43)cc(C(=O)CCCOCCOCCNC(=O)c3cccc([211At])c3)c2)N1. The molecule has 3 amide bonds. The van der Waals surface area contributed by atoms with E-state index in [9.17, 15) is 28.8 Å². The Morgan fingerprint density at radius 2 is 1.07 bits per heavy atom. The van der Waals surface area contributed by atoms with Crippen LogP contribution < -0.4 is 41.3 Å². The van der Waals surface area contributed by atoms with Gasteiger partial charge in [-0.15, -0.1) is 0 Å². The van der Waals surface area contributed by atoms with Crippen molar-refractivity contribution in [1.29, 1.82) is 0 Å². The van der Waals surface area contributed by atoms with Crippen LogP contribution in [-0.4, -0.2) is 126 Å². The third-order valence-electron chi connectivity index (χ3n) is 13.9. The Morgan fingerprint density at radius 1 is 0.573 bits per heavy atom. The Bertz CT molecular complexity index is 2170. The van der Waals surface area contributed by atoms with Gasteiger partial charge in [0.25, 0.3) is 0 Å². The normalized spacial score (nSPS) is 20.3. The number of unbranched alkanes of at least 4 members (excludes halogenated alkanes) is 8. The van der Waals surface area contributed by atoms with Crippen molar-refractivity contribution in [2.45, 2.75) is 176 Å². The number of Topliss-reactive ketones (excluding diaryl/α,β-unsaturated/α-hetero) is 3. The van der Waals surface area contributed by atoms with Crippen LogP contribution in [0.1, 0.15) is 162 Å². The summed E-state index contributed by atoms with van der Waals surface area (Å²) in [6.07, 6.45) is 15.8. The summed E-state index contributed by atoms with van der Waals surface area (Å²) in [5.74, 6) is 3.08. The van der Waals surface area contributed by atoms with Crippen LogP contribution >= 0.6 is 23.5 Å². The molecule has 2 fully saturated rings. The van der Waals surface area contributed by atoms with Crippen molar-refractivity contribution in [3.63, 3.8) is 0 Å². The molecule has 0 aliphatic carbocycles. The Hall–Kier alpha value is -4.10. The minimum absolute atomic E-state index is 0.140. The van der Waals surface area contributed by atoms with Crippen molar-refractivity contribution in [2.24, 2.45) is 21.5 Å². The number of thioether (sulfide) groups is 2. The summed E-state index contributed by atoms with van der Waals surface area (Å²) in [5, 5.41) is 16.2. The Morgan fingerprint density at radius 3 is 1.59 bits per heavy atom. The predicted molar refractivity (Wildman–Crippen MR) is 297 cm³/mol. The van der Waals surface area contributed by atoms with Crippen LogP contribution in [0, 0.1) is 24.7 Å². The van der Waals surface area contributed by atoms with Crippen LogP contribution in [0.15, 0.2) is 52.4 Å². The van der Waals surface area contributed by atoms with E-state index in [2.05, 4.69) is 36.6 Å². The maximum absolute atomic E-state index is 13.5. The first-order chi connectivity index (χ1) is 36.4. The Labute approximate surface area is 467 Å². The van der Waals surface area contributed by atoms with Gasteiger partial charge >= 0.3 is 116 Å². The number of rotatable bonds is 38. The quantitative estimate of drug-likeness (QED) is 0.0275. The molecule has 4 aliphatic rings. The standard InChI is InChI=1S/C55H80AtN9O8S2/c56-39-16-13-15-37(31-39)53(71)59-26-28-73-30-29-72-27-14-21-46(68)38-32-40(60-49(69)24-7-3-1-5-17-42(66)19-9-11-22-47-51-44(35-74-47)62-54(57)64-51)34-41(33-38)61-50(70)25-8-4-2-6-18-43(67)20-10-12-23-48-52-45(36-75-48)63-55(58)65-52/h13,15-16,31-34,44-45,47-48,51-52H,1-12,14,17-30,35-36H2,(H,59,71)(H,60,69)(H,61,70)(H3,57,62,64)(H3,58,63,65)/t44-,45-,47-,48-,51-,52-/m0/s1/i56+1. The number of carbonyl (C=O) groups excluding carboxylic acids is 6. The van der Waals surface area contributed by atoms with Crippen molar-refractivity contribution in [3.8, 4) is 0 Å². The van der Waals surface area contributed by atoms with Gasteiger partial charge in [-0.05, 0) is 76.0 Å². The number of hydrogen-bond donors (Lipinski definition) is 7. The number of carbonyl (C=O) groups is 6. The van der Waals surface area contributed by atoms with Crippen molar-refractivity contribution >= 4 is 85.2 Å². The second kappa shape index (κ2) is 33.3. The molecule has 9 N–H and O–H groups in total. The van der Waals surface area contributed by atoms with Gasteiger partial charge in [-0.1, -0.05) is 38.5 Å². The van der Waals surface area contributed by atoms with Crippen molar-refractivity contribution in [2.75, 3.05) is 55.1 Å². The fraction of sp³-hybridized carbons (Fsp3) is 0.636. The fourth-order valence-electron chi connectivity index (χ4n) is 9.91. The number of ether oxygens (including phenoxy) is 2. The van der Waals surface area contributed by atoms with Gasteiger partial charge in [-0.25, -0.2) is 9.98 Å². The number of benzene rings is 2. The van der Waals surface area contributed by atoms with Gasteiger partial charge in [0.1, 0.15) is 11.6 Å². The molecule has 412 valence electrons. The van der Waals surface area contributed by atoms with Crippen LogP contribution in [0.25, 0.3) is 0 Å². The summed E-state index contributed by atoms with van der Waals surface area (Å²) in [5.41, 5.74) is 13.6. The van der Waals surface area contributed by atoms with Gasteiger partial charge in [0.15, 0.2) is 17.7 Å². The second-order valence-electron chi connectivity index (χ2n) is 20.1. The molecule has 20 heteroatoms. The number of anilines is 2. The number of guanidine groups is 2. The number of nitrogens with zero attached hydrogens (tertiary/aromatic N) is 2. The van der Waals surface area contributed by atoms with Crippen LogP contribution in [0.5, 0.6) is 0 Å². The summed E-state index contributed by atoms with van der Waals surface area (Å²) in [4.78, 5) is 86.3. The zero-order valence-corrected chi connectivity index (χ0v) is 48.1. The van der Waals surface area contributed by atoms with E-state index in [1.54, 1.807) is 24.3 Å². The molecule has 0 bridgehead atoms. The molecule has 0 aromatic heterocycles. The molecule has 6 atom stereocenters. The fourth-order valence-corrected chi connectivity index (χ4v) is 13.7. The Kier molecular flexibility index (Phi) is 26.7. The molecule has 6 rings (SSSR count). The van der Waals surface area contributed by atoms with Crippen LogP contribution in [0.2, 0.25) is 0 Å². The van der Waals surface area contributed by atoms with E-state index in [1.165, 1.54) is 24.7 Å². The number of amides is 3. The first kappa shape index (κ1) is 60.1. The minimum atomic E-state index is -0.186. The average molecular weight is 1270 g/mol. The van der Waals surface area contributed by atoms with Gasteiger partial charge in [0, 0.05) is 83.9 Å². The molecule has 0 saturated carbocycles. The van der Waals surface area contributed by atoms with Crippen molar-refractivity contribution in [1.82, 2.24) is 16.0 Å². The minimum Gasteiger partial charge on any atom is -0.351 e. The molecular formula is C55H80AtN9O8S2. The largest absolute Gasteiger partial charge is 0.351 e. The number of ketones is 3. The smallest absolute Gasteiger partial charge is 0.0275 e. The van der Waals surface area contributed by atoms with E-state index >= 15 is 0 Å². The van der Waals surface area contributed by atoms with Gasteiger partial charge in [0.05, 0.1) is 24.2 Å². The summed E-state index contributed by atoms with van der Waals surface area (Å²) in [6, 6.07) is 13.6. The van der Waals surface area contributed by atoms with Crippen LogP contribution in [-0.2, 0) is 28.7 Å². The molecule has 4 heterocycles. The van der Waals surface area contributed by atoms with Crippen LogP contribution in [0.4, 0.5) is 11.4 Å². The molecule has 4 aliphatic heterocycles. The van der Waals surface area contributed by atoms with Gasteiger partial charge in [0.2, 0.25) is 11.8 Å². The maximum atomic E-state index is 13.5. The predicted octanol–water partition coefficient (Wildman–Crippen LogP) is 6.65. The van der Waals surface area contributed by atoms with E-state index < -0.39 is 0 Å². The third kappa shape index (κ3) is 22.0. The average Bonchev–Trinajstić information content (AvgIpc) is 4.16. The number of hydrogen-bond acceptors (Lipinski definition) is 16. The zero-order chi connectivity index (χ0) is 53.2. The monoisotopic (exact) mass is 1270 g/mol. The summed E-state index contributed by atoms with van der Waals surface area (Å²) >= 11 is 5.41. The number of aliphatic imine (C=N–C) groups is 2. The van der Waals surface area contributed by atoms with E-state index in [0.29, 0.717) is 159 Å².